The summed E-state index contributed by atoms with van der Waals surface area (Å²) in [5.74, 6) is 2.15. The Balaban J connectivity index is 1.27. The van der Waals surface area contributed by atoms with Crippen molar-refractivity contribution >= 4 is 50.5 Å². The van der Waals surface area contributed by atoms with Gasteiger partial charge >= 0.3 is 0 Å². The summed E-state index contributed by atoms with van der Waals surface area (Å²) in [7, 11) is 3.19. The van der Waals surface area contributed by atoms with Gasteiger partial charge in [0.05, 0.1) is 29.3 Å². The van der Waals surface area contributed by atoms with Gasteiger partial charge in [-0.3, -0.25) is 4.79 Å². The molecule has 1 fully saturated rings. The van der Waals surface area contributed by atoms with Crippen LogP contribution in [-0.2, 0) is 18.0 Å². The fourth-order valence-corrected chi connectivity index (χ4v) is 5.44. The number of rotatable bonds is 10. The molecule has 5 rings (SSSR count). The molecule has 0 atom stereocenters. The Morgan fingerprint density at radius 2 is 1.51 bits per heavy atom. The first-order valence-corrected chi connectivity index (χ1v) is 14.3. The van der Waals surface area contributed by atoms with Crippen LogP contribution in [0, 0.1) is 0 Å². The normalized spacial score (nSPS) is 14.7. The molecule has 7 nitrogen and oxygen atoms in total. The first-order chi connectivity index (χ1) is 20.0. The number of halogens is 1. The van der Waals surface area contributed by atoms with E-state index in [4.69, 9.17) is 18.9 Å². The lowest BCUT2D eigenvalue weighted by Gasteiger charge is -2.15. The molecule has 208 valence electrons. The summed E-state index contributed by atoms with van der Waals surface area (Å²) < 4.78 is 24.0. The molecule has 1 N–H and O–H groups in total. The Hall–Kier alpha value is -4.21. The van der Waals surface area contributed by atoms with Crippen molar-refractivity contribution < 1.29 is 23.7 Å². The number of ether oxygens (including phenoxy) is 4. The number of benzene rings is 4. The fraction of sp³-hybridized carbons (Fsp3) is 0.125. The molecule has 9 heteroatoms. The highest BCUT2D eigenvalue weighted by Crippen LogP contribution is 2.39. The van der Waals surface area contributed by atoms with Crippen molar-refractivity contribution in [2.45, 2.75) is 13.2 Å². The lowest BCUT2D eigenvalue weighted by molar-refractivity contribution is -0.115. The van der Waals surface area contributed by atoms with Gasteiger partial charge in [0, 0.05) is 0 Å². The van der Waals surface area contributed by atoms with Crippen LogP contribution in [0.2, 0.25) is 0 Å². The second-order valence-electron chi connectivity index (χ2n) is 8.90. The summed E-state index contributed by atoms with van der Waals surface area (Å²) in [5, 5.41) is 3.35. The van der Waals surface area contributed by atoms with Gasteiger partial charge < -0.3 is 24.3 Å². The molecule has 0 aromatic heterocycles. The average Bonchev–Trinajstić information content (AvgIpc) is 3.34. The zero-order valence-corrected chi connectivity index (χ0v) is 24.8. The van der Waals surface area contributed by atoms with E-state index < -0.39 is 0 Å². The van der Waals surface area contributed by atoms with Crippen LogP contribution in [0.25, 0.3) is 6.08 Å². The molecule has 1 saturated heterocycles. The highest BCUT2D eigenvalue weighted by Gasteiger charge is 2.24. The maximum Gasteiger partial charge on any atom is 0.264 e. The molecule has 0 saturated carbocycles. The van der Waals surface area contributed by atoms with Gasteiger partial charge in [-0.2, -0.15) is 0 Å². The van der Waals surface area contributed by atoms with Crippen molar-refractivity contribution in [2.24, 2.45) is 4.99 Å². The molecule has 41 heavy (non-hydrogen) atoms. The number of thioether (sulfide) groups is 1. The van der Waals surface area contributed by atoms with Crippen molar-refractivity contribution in [3.8, 4) is 23.0 Å². The number of carbonyl (C=O) groups excluding carboxylic acids is 1. The Morgan fingerprint density at radius 3 is 2.24 bits per heavy atom. The van der Waals surface area contributed by atoms with Gasteiger partial charge in [0.2, 0.25) is 0 Å². The van der Waals surface area contributed by atoms with Crippen LogP contribution in [0.15, 0.2) is 105 Å². The van der Waals surface area contributed by atoms with E-state index >= 15 is 0 Å². The number of para-hydroxylation sites is 1. The van der Waals surface area contributed by atoms with Gasteiger partial charge in [-0.05, 0) is 86.9 Å². The maximum atomic E-state index is 12.6. The molecule has 1 amide bonds. The third-order valence-electron chi connectivity index (χ3n) is 6.04. The van der Waals surface area contributed by atoms with Gasteiger partial charge in [-0.1, -0.05) is 54.6 Å². The minimum absolute atomic E-state index is 0.203. The largest absolute Gasteiger partial charge is 0.493 e. The van der Waals surface area contributed by atoms with Gasteiger partial charge in [0.15, 0.2) is 28.2 Å². The molecule has 0 spiro atoms. The van der Waals surface area contributed by atoms with E-state index in [1.807, 2.05) is 91.0 Å². The molecular formula is C32H27BrN2O5S. The van der Waals surface area contributed by atoms with Crippen LogP contribution in [0.5, 0.6) is 23.0 Å². The van der Waals surface area contributed by atoms with Gasteiger partial charge in [-0.25, -0.2) is 4.99 Å². The molecule has 0 aliphatic carbocycles. The Kier molecular flexibility index (Phi) is 9.28. The topological polar surface area (TPSA) is 78.4 Å². The number of hydrogen-bond acceptors (Lipinski definition) is 7. The number of carbonyl (C=O) groups is 1. The zero-order valence-electron chi connectivity index (χ0n) is 22.4. The predicted molar refractivity (Wildman–Crippen MR) is 166 cm³/mol. The number of amides is 1. The third kappa shape index (κ3) is 7.31. The van der Waals surface area contributed by atoms with E-state index in [2.05, 4.69) is 26.2 Å². The summed E-state index contributed by atoms with van der Waals surface area (Å²) in [6.07, 6.45) is 1.80. The number of nitrogens with one attached hydrogen (secondary N) is 1. The van der Waals surface area contributed by atoms with Crippen molar-refractivity contribution in [3.63, 3.8) is 0 Å². The minimum Gasteiger partial charge on any atom is -0.493 e. The van der Waals surface area contributed by atoms with Crippen molar-refractivity contribution in [1.29, 1.82) is 0 Å². The molecule has 0 radical (unpaired) electrons. The Labute approximate surface area is 251 Å². The van der Waals surface area contributed by atoms with Crippen molar-refractivity contribution in [1.82, 2.24) is 5.32 Å². The first-order valence-electron chi connectivity index (χ1n) is 12.7. The number of amidine groups is 1. The van der Waals surface area contributed by atoms with E-state index in [1.165, 1.54) is 11.8 Å². The van der Waals surface area contributed by atoms with Gasteiger partial charge in [-0.15, -0.1) is 0 Å². The summed E-state index contributed by atoms with van der Waals surface area (Å²) in [4.78, 5) is 17.6. The quantitative estimate of drug-likeness (QED) is 0.183. The first kappa shape index (κ1) is 28.3. The smallest absolute Gasteiger partial charge is 0.264 e. The van der Waals surface area contributed by atoms with E-state index in [0.717, 1.165) is 22.4 Å². The van der Waals surface area contributed by atoms with Crippen LogP contribution in [0.4, 0.5) is 5.69 Å². The summed E-state index contributed by atoms with van der Waals surface area (Å²) in [6.45, 7) is 0.725. The fourth-order valence-electron chi connectivity index (χ4n) is 4.03. The van der Waals surface area contributed by atoms with Crippen LogP contribution in [0.3, 0.4) is 0 Å². The van der Waals surface area contributed by atoms with Gasteiger partial charge in [0.1, 0.15) is 13.2 Å². The number of nitrogens with zero attached hydrogens (tertiary/aromatic N) is 1. The number of aliphatic imine (C=N–C) groups is 1. The molecule has 1 aliphatic rings. The highest BCUT2D eigenvalue weighted by molar-refractivity contribution is 9.10. The summed E-state index contributed by atoms with van der Waals surface area (Å²) >= 11 is 4.89. The molecule has 1 aliphatic heterocycles. The van der Waals surface area contributed by atoms with Crippen LogP contribution >= 0.6 is 27.7 Å². The summed E-state index contributed by atoms with van der Waals surface area (Å²) in [6, 6.07) is 28.9. The average molecular weight is 632 g/mol. The van der Waals surface area contributed by atoms with Crippen LogP contribution in [0.1, 0.15) is 16.7 Å². The Morgan fingerprint density at radius 1 is 0.805 bits per heavy atom. The van der Waals surface area contributed by atoms with Crippen LogP contribution in [-0.4, -0.2) is 25.3 Å². The van der Waals surface area contributed by atoms with Crippen molar-refractivity contribution in [3.05, 3.63) is 117 Å². The molecular weight excluding hydrogens is 604 g/mol. The van der Waals surface area contributed by atoms with E-state index in [0.29, 0.717) is 44.2 Å². The second-order valence-corrected chi connectivity index (χ2v) is 10.8. The summed E-state index contributed by atoms with van der Waals surface area (Å²) in [5.41, 5.74) is 3.53. The van der Waals surface area contributed by atoms with E-state index in [-0.39, 0.29) is 12.5 Å². The highest BCUT2D eigenvalue weighted by atomic mass is 79.9. The minimum atomic E-state index is -0.203. The van der Waals surface area contributed by atoms with E-state index in [9.17, 15) is 4.79 Å². The van der Waals surface area contributed by atoms with Crippen LogP contribution < -0.4 is 24.3 Å². The lowest BCUT2D eigenvalue weighted by atomic mass is 10.1. The number of hydrogen-bond donors (Lipinski definition) is 1. The standard InChI is InChI=1S/C32H27BrN2O5S/c1-37-27-16-22(13-14-26(27)39-19-21-9-5-3-6-10-21)20-40-30-25(33)15-23(17-28(30)38-2)18-29-31(36)35-32(41-29)34-24-11-7-4-8-12-24/h3-18H,19-20H2,1-2H3,(H,34,35,36)/b29-18+. The van der Waals surface area contributed by atoms with E-state index in [1.54, 1.807) is 20.3 Å². The SMILES string of the molecule is COc1cc(COc2c(Br)cc(/C=C3/SC(=Nc4ccccc4)NC3=O)cc2OC)ccc1OCc1ccccc1. The molecule has 0 bridgehead atoms. The molecule has 0 unspecified atom stereocenters. The third-order valence-corrected chi connectivity index (χ3v) is 7.53. The predicted octanol–water partition coefficient (Wildman–Crippen LogP) is 7.52. The molecule has 4 aromatic rings. The monoisotopic (exact) mass is 630 g/mol. The maximum absolute atomic E-state index is 12.6. The second kappa shape index (κ2) is 13.4. The molecule has 4 aromatic carbocycles. The zero-order chi connectivity index (χ0) is 28.6. The number of methoxy groups -OCH3 is 2. The van der Waals surface area contributed by atoms with Crippen molar-refractivity contribution in [2.75, 3.05) is 14.2 Å². The molecule has 1 heterocycles. The Bertz CT molecular complexity index is 1590. The van der Waals surface area contributed by atoms with Gasteiger partial charge in [0.25, 0.3) is 5.91 Å². The lowest BCUT2D eigenvalue weighted by Crippen LogP contribution is -2.19.